The van der Waals surface area contributed by atoms with E-state index in [9.17, 15) is 0 Å². The lowest BCUT2D eigenvalue weighted by molar-refractivity contribution is 0.249. The molecule has 0 bridgehead atoms. The molecule has 1 aliphatic heterocycles. The molecule has 0 aliphatic carbocycles. The fraction of sp³-hybridized carbons (Fsp3) is 0.500. The van der Waals surface area contributed by atoms with Crippen molar-refractivity contribution in [1.29, 1.82) is 0 Å². The Morgan fingerprint density at radius 3 is 2.35 bits per heavy atom. The Hall–Kier alpha value is -1.85. The van der Waals surface area contributed by atoms with E-state index in [2.05, 4.69) is 57.7 Å². The van der Waals surface area contributed by atoms with Crippen molar-refractivity contribution in [3.8, 4) is 0 Å². The highest BCUT2D eigenvalue weighted by atomic mass is 15.3. The molecule has 1 aromatic carbocycles. The minimum Gasteiger partial charge on any atom is -0.369 e. The second-order valence-electron chi connectivity index (χ2n) is 6.20. The van der Waals surface area contributed by atoms with Crippen LogP contribution in [-0.2, 0) is 19.6 Å². The molecular formula is C18H27N5. The molecule has 5 heteroatoms. The van der Waals surface area contributed by atoms with Gasteiger partial charge in [-0.15, -0.1) is 0 Å². The van der Waals surface area contributed by atoms with E-state index < -0.39 is 0 Å². The first-order valence-electron chi connectivity index (χ1n) is 8.49. The predicted octanol–water partition coefficient (Wildman–Crippen LogP) is 1.99. The Kier molecular flexibility index (Phi) is 4.98. The van der Waals surface area contributed by atoms with Crippen LogP contribution in [0.3, 0.4) is 0 Å². The number of piperazine rings is 1. The average Bonchev–Trinajstić information content (AvgIpc) is 2.96. The first-order valence-corrected chi connectivity index (χ1v) is 8.49. The molecule has 124 valence electrons. The highest BCUT2D eigenvalue weighted by Gasteiger charge is 2.18. The summed E-state index contributed by atoms with van der Waals surface area (Å²) in [4.78, 5) is 4.98. The molecule has 0 atom stereocenters. The highest BCUT2D eigenvalue weighted by molar-refractivity contribution is 5.48. The summed E-state index contributed by atoms with van der Waals surface area (Å²) < 4.78 is 2.07. The molecule has 3 rings (SSSR count). The molecule has 1 saturated heterocycles. The maximum absolute atomic E-state index is 5.67. The molecule has 1 aliphatic rings. The average molecular weight is 313 g/mol. The Labute approximate surface area is 138 Å². The van der Waals surface area contributed by atoms with Gasteiger partial charge in [0.25, 0.3) is 0 Å². The fourth-order valence-electron chi connectivity index (χ4n) is 3.21. The van der Waals surface area contributed by atoms with Crippen molar-refractivity contribution in [2.45, 2.75) is 33.5 Å². The molecule has 1 aromatic heterocycles. The van der Waals surface area contributed by atoms with Crippen LogP contribution in [0.1, 0.15) is 23.7 Å². The second kappa shape index (κ2) is 7.15. The number of hydrogen-bond donors (Lipinski definition) is 1. The van der Waals surface area contributed by atoms with Crippen molar-refractivity contribution >= 4 is 5.69 Å². The van der Waals surface area contributed by atoms with E-state index in [1.54, 1.807) is 0 Å². The van der Waals surface area contributed by atoms with E-state index in [0.717, 1.165) is 39.3 Å². The van der Waals surface area contributed by atoms with Gasteiger partial charge in [-0.05, 0) is 31.5 Å². The summed E-state index contributed by atoms with van der Waals surface area (Å²) in [6.45, 7) is 11.2. The van der Waals surface area contributed by atoms with Crippen LogP contribution in [0, 0.1) is 6.92 Å². The lowest BCUT2D eigenvalue weighted by Gasteiger charge is -2.36. The van der Waals surface area contributed by atoms with Gasteiger partial charge < -0.3 is 10.6 Å². The van der Waals surface area contributed by atoms with Gasteiger partial charge in [0.1, 0.15) is 0 Å². The van der Waals surface area contributed by atoms with E-state index in [1.165, 1.54) is 22.5 Å². The molecule has 0 spiro atoms. The van der Waals surface area contributed by atoms with Crippen molar-refractivity contribution in [3.05, 3.63) is 47.3 Å². The largest absolute Gasteiger partial charge is 0.369 e. The number of aromatic nitrogens is 2. The first kappa shape index (κ1) is 16.0. The number of anilines is 1. The van der Waals surface area contributed by atoms with Crippen LogP contribution in [0.2, 0.25) is 0 Å². The van der Waals surface area contributed by atoms with Gasteiger partial charge in [0.2, 0.25) is 0 Å². The van der Waals surface area contributed by atoms with Crippen LogP contribution < -0.4 is 10.6 Å². The van der Waals surface area contributed by atoms with Crippen molar-refractivity contribution < 1.29 is 0 Å². The van der Waals surface area contributed by atoms with Crippen molar-refractivity contribution in [3.63, 3.8) is 0 Å². The zero-order valence-corrected chi connectivity index (χ0v) is 14.2. The van der Waals surface area contributed by atoms with Crippen LogP contribution >= 0.6 is 0 Å². The Balaban J connectivity index is 1.56. The normalized spacial score (nSPS) is 16.0. The number of nitrogens with zero attached hydrogens (tertiary/aromatic N) is 4. The van der Waals surface area contributed by atoms with Crippen molar-refractivity contribution in [1.82, 2.24) is 14.7 Å². The SMILES string of the molecule is CCn1ncc(CN2CCN(c3ccc(CN)cc3)CC2)c1C. The molecule has 5 nitrogen and oxygen atoms in total. The van der Waals surface area contributed by atoms with Gasteiger partial charge in [-0.2, -0.15) is 5.10 Å². The fourth-order valence-corrected chi connectivity index (χ4v) is 3.21. The third-order valence-corrected chi connectivity index (χ3v) is 4.81. The summed E-state index contributed by atoms with van der Waals surface area (Å²) >= 11 is 0. The van der Waals surface area contributed by atoms with E-state index in [0.29, 0.717) is 6.54 Å². The number of benzene rings is 1. The van der Waals surface area contributed by atoms with E-state index in [1.807, 2.05) is 6.20 Å². The molecular weight excluding hydrogens is 286 g/mol. The van der Waals surface area contributed by atoms with Crippen LogP contribution in [0.5, 0.6) is 0 Å². The summed E-state index contributed by atoms with van der Waals surface area (Å²) in [5, 5.41) is 4.45. The molecule has 1 fully saturated rings. The molecule has 0 radical (unpaired) electrons. The quantitative estimate of drug-likeness (QED) is 0.917. The molecule has 0 unspecified atom stereocenters. The zero-order chi connectivity index (χ0) is 16.2. The van der Waals surface area contributed by atoms with Crippen LogP contribution in [0.15, 0.2) is 30.5 Å². The standard InChI is InChI=1S/C18H27N5/c1-3-23-15(2)17(13-20-23)14-21-8-10-22(11-9-21)18-6-4-16(12-19)5-7-18/h4-7,13H,3,8-12,14,19H2,1-2H3. The summed E-state index contributed by atoms with van der Waals surface area (Å²) in [7, 11) is 0. The first-order chi connectivity index (χ1) is 11.2. The third kappa shape index (κ3) is 3.57. The lowest BCUT2D eigenvalue weighted by atomic mass is 10.1. The molecule has 2 aromatic rings. The second-order valence-corrected chi connectivity index (χ2v) is 6.20. The van der Waals surface area contributed by atoms with Gasteiger partial charge in [0.05, 0.1) is 6.20 Å². The maximum Gasteiger partial charge on any atom is 0.0537 e. The Bertz CT molecular complexity index is 623. The van der Waals surface area contributed by atoms with Gasteiger partial charge in [0.15, 0.2) is 0 Å². The highest BCUT2D eigenvalue weighted by Crippen LogP contribution is 2.19. The molecule has 2 heterocycles. The Morgan fingerprint density at radius 1 is 1.09 bits per heavy atom. The van der Waals surface area contributed by atoms with Crippen molar-refractivity contribution in [2.24, 2.45) is 5.73 Å². The summed E-state index contributed by atoms with van der Waals surface area (Å²) in [5.74, 6) is 0. The maximum atomic E-state index is 5.67. The number of rotatable bonds is 5. The number of aryl methyl sites for hydroxylation is 1. The van der Waals surface area contributed by atoms with Crippen LogP contribution in [0.25, 0.3) is 0 Å². The van der Waals surface area contributed by atoms with Gasteiger partial charge in [-0.25, -0.2) is 0 Å². The van der Waals surface area contributed by atoms with Gasteiger partial charge in [-0.3, -0.25) is 9.58 Å². The zero-order valence-electron chi connectivity index (χ0n) is 14.2. The Morgan fingerprint density at radius 2 is 1.78 bits per heavy atom. The smallest absolute Gasteiger partial charge is 0.0537 e. The topological polar surface area (TPSA) is 50.3 Å². The van der Waals surface area contributed by atoms with Gasteiger partial charge in [0, 0.05) is 62.8 Å². The van der Waals surface area contributed by atoms with Gasteiger partial charge in [-0.1, -0.05) is 12.1 Å². The van der Waals surface area contributed by atoms with E-state index in [4.69, 9.17) is 5.73 Å². The van der Waals surface area contributed by atoms with Crippen LogP contribution in [-0.4, -0.2) is 40.9 Å². The van der Waals surface area contributed by atoms with E-state index in [-0.39, 0.29) is 0 Å². The number of hydrogen-bond acceptors (Lipinski definition) is 4. The third-order valence-electron chi connectivity index (χ3n) is 4.81. The van der Waals surface area contributed by atoms with Crippen LogP contribution in [0.4, 0.5) is 5.69 Å². The monoisotopic (exact) mass is 313 g/mol. The molecule has 23 heavy (non-hydrogen) atoms. The van der Waals surface area contributed by atoms with E-state index >= 15 is 0 Å². The molecule has 0 amide bonds. The molecule has 0 saturated carbocycles. The van der Waals surface area contributed by atoms with Crippen molar-refractivity contribution in [2.75, 3.05) is 31.1 Å². The summed E-state index contributed by atoms with van der Waals surface area (Å²) in [5.41, 5.74) is 10.8. The number of nitrogens with two attached hydrogens (primary N) is 1. The minimum absolute atomic E-state index is 0.610. The summed E-state index contributed by atoms with van der Waals surface area (Å²) in [6.07, 6.45) is 2.02. The predicted molar refractivity (Wildman–Crippen MR) is 94.5 cm³/mol. The van der Waals surface area contributed by atoms with Gasteiger partial charge >= 0.3 is 0 Å². The molecule has 2 N–H and O–H groups in total. The minimum atomic E-state index is 0.610. The summed E-state index contributed by atoms with van der Waals surface area (Å²) in [6, 6.07) is 8.63. The lowest BCUT2D eigenvalue weighted by Crippen LogP contribution is -2.46.